The van der Waals surface area contributed by atoms with Crippen molar-refractivity contribution in [2.45, 2.75) is 6.42 Å². The summed E-state index contributed by atoms with van der Waals surface area (Å²) in [6.45, 7) is 0. The quantitative estimate of drug-likeness (QED) is 0.935. The number of aromatic nitrogens is 1. The fraction of sp³-hybridized carbons (Fsp3) is 0.0769. The minimum absolute atomic E-state index is 0.118. The highest BCUT2D eigenvalue weighted by atomic mass is 79.9. The number of rotatable bonds is 3. The van der Waals surface area contributed by atoms with Crippen LogP contribution in [0.2, 0.25) is 5.02 Å². The lowest BCUT2D eigenvalue weighted by Gasteiger charge is -2.04. The first-order valence-electron chi connectivity index (χ1n) is 5.29. The lowest BCUT2D eigenvalue weighted by atomic mass is 10.1. The number of anilines is 1. The van der Waals surface area contributed by atoms with E-state index >= 15 is 0 Å². The molecule has 0 atom stereocenters. The van der Waals surface area contributed by atoms with E-state index in [2.05, 4.69) is 26.2 Å². The molecule has 1 heterocycles. The van der Waals surface area contributed by atoms with Crippen molar-refractivity contribution < 1.29 is 4.79 Å². The van der Waals surface area contributed by atoms with Crippen LogP contribution < -0.4 is 5.32 Å². The number of carbonyl (C=O) groups is 1. The molecule has 92 valence electrons. The van der Waals surface area contributed by atoms with Gasteiger partial charge in [0.25, 0.3) is 0 Å². The molecule has 18 heavy (non-hydrogen) atoms. The second-order valence-electron chi connectivity index (χ2n) is 3.72. The van der Waals surface area contributed by atoms with E-state index in [4.69, 9.17) is 11.6 Å². The number of nitrogens with zero attached hydrogens (tertiary/aromatic N) is 1. The molecule has 0 radical (unpaired) electrons. The van der Waals surface area contributed by atoms with Gasteiger partial charge in [0.2, 0.25) is 5.91 Å². The van der Waals surface area contributed by atoms with E-state index in [1.165, 1.54) is 0 Å². The van der Waals surface area contributed by atoms with Gasteiger partial charge in [-0.3, -0.25) is 4.79 Å². The molecule has 1 aromatic carbocycles. The van der Waals surface area contributed by atoms with Gasteiger partial charge in [-0.15, -0.1) is 0 Å². The molecule has 3 nitrogen and oxygen atoms in total. The minimum Gasteiger partial charge on any atom is -0.310 e. The summed E-state index contributed by atoms with van der Waals surface area (Å²) in [5.41, 5.74) is 0.872. The largest absolute Gasteiger partial charge is 0.310 e. The maximum Gasteiger partial charge on any atom is 0.229 e. The number of hydrogen-bond acceptors (Lipinski definition) is 2. The number of carbonyl (C=O) groups excluding carboxylic acids is 1. The molecule has 1 aromatic heterocycles. The van der Waals surface area contributed by atoms with Crippen molar-refractivity contribution in [2.24, 2.45) is 0 Å². The highest BCUT2D eigenvalue weighted by molar-refractivity contribution is 9.10. The molecule has 0 bridgehead atoms. The highest BCUT2D eigenvalue weighted by Gasteiger charge is 2.05. The third kappa shape index (κ3) is 3.82. The molecule has 0 aliphatic carbocycles. The van der Waals surface area contributed by atoms with Crippen LogP contribution in [0.25, 0.3) is 0 Å². The van der Waals surface area contributed by atoms with Crippen molar-refractivity contribution in [1.82, 2.24) is 4.98 Å². The maximum absolute atomic E-state index is 11.8. The molecule has 0 unspecified atom stereocenters. The molecule has 1 amide bonds. The van der Waals surface area contributed by atoms with E-state index < -0.39 is 0 Å². The molecule has 5 heteroatoms. The van der Waals surface area contributed by atoms with E-state index in [0.29, 0.717) is 10.8 Å². The zero-order valence-electron chi connectivity index (χ0n) is 9.36. The van der Waals surface area contributed by atoms with Crippen LogP contribution in [0.3, 0.4) is 0 Å². The molecular weight excluding hydrogens is 316 g/mol. The van der Waals surface area contributed by atoms with Crippen molar-refractivity contribution in [1.29, 1.82) is 0 Å². The van der Waals surface area contributed by atoms with Gasteiger partial charge in [-0.05, 0) is 45.8 Å². The standard InChI is InChI=1S/C13H10BrClN2O/c14-10-4-5-12(16-8-10)17-13(18)7-9-2-1-3-11(15)6-9/h1-6,8H,7H2,(H,16,17,18). The first-order valence-corrected chi connectivity index (χ1v) is 6.46. The molecular formula is C13H10BrClN2O. The summed E-state index contributed by atoms with van der Waals surface area (Å²) in [5.74, 6) is 0.414. The Morgan fingerprint density at radius 1 is 1.33 bits per heavy atom. The van der Waals surface area contributed by atoms with Gasteiger partial charge < -0.3 is 5.32 Å². The van der Waals surface area contributed by atoms with Gasteiger partial charge in [-0.2, -0.15) is 0 Å². The predicted octanol–water partition coefficient (Wildman–Crippen LogP) is 3.68. The minimum atomic E-state index is -0.118. The lowest BCUT2D eigenvalue weighted by molar-refractivity contribution is -0.115. The normalized spacial score (nSPS) is 10.1. The lowest BCUT2D eigenvalue weighted by Crippen LogP contribution is -2.15. The second kappa shape index (κ2) is 5.98. The summed E-state index contributed by atoms with van der Waals surface area (Å²) in [7, 11) is 0. The summed E-state index contributed by atoms with van der Waals surface area (Å²) in [6.07, 6.45) is 1.91. The van der Waals surface area contributed by atoms with E-state index in [0.717, 1.165) is 10.0 Å². The third-order valence-corrected chi connectivity index (χ3v) is 2.95. The molecule has 0 saturated heterocycles. The number of nitrogens with one attached hydrogen (secondary N) is 1. The summed E-state index contributed by atoms with van der Waals surface area (Å²) < 4.78 is 0.871. The third-order valence-electron chi connectivity index (χ3n) is 2.25. The smallest absolute Gasteiger partial charge is 0.229 e. The Kier molecular flexibility index (Phi) is 4.33. The predicted molar refractivity (Wildman–Crippen MR) is 75.7 cm³/mol. The molecule has 1 N–H and O–H groups in total. The Balaban J connectivity index is 1.98. The number of hydrogen-bond donors (Lipinski definition) is 1. The summed E-state index contributed by atoms with van der Waals surface area (Å²) in [4.78, 5) is 15.8. The summed E-state index contributed by atoms with van der Waals surface area (Å²) in [5, 5.41) is 3.35. The van der Waals surface area contributed by atoms with E-state index in [1.54, 1.807) is 24.4 Å². The average Bonchev–Trinajstić information content (AvgIpc) is 2.32. The SMILES string of the molecule is O=C(Cc1cccc(Cl)c1)Nc1ccc(Br)cn1. The van der Waals surface area contributed by atoms with Crippen LogP contribution in [0.4, 0.5) is 5.82 Å². The van der Waals surface area contributed by atoms with Gasteiger partial charge in [0.1, 0.15) is 5.82 Å². The number of amides is 1. The Morgan fingerprint density at radius 2 is 2.17 bits per heavy atom. The van der Waals surface area contributed by atoms with Crippen molar-refractivity contribution >= 4 is 39.3 Å². The van der Waals surface area contributed by atoms with E-state index in [9.17, 15) is 4.79 Å². The number of halogens is 2. The van der Waals surface area contributed by atoms with Crippen LogP contribution in [-0.4, -0.2) is 10.9 Å². The van der Waals surface area contributed by atoms with Gasteiger partial charge in [0, 0.05) is 15.7 Å². The van der Waals surface area contributed by atoms with Crippen molar-refractivity contribution in [3.05, 3.63) is 57.7 Å². The van der Waals surface area contributed by atoms with Crippen LogP contribution in [0, 0.1) is 0 Å². The van der Waals surface area contributed by atoms with Gasteiger partial charge in [0.05, 0.1) is 6.42 Å². The van der Waals surface area contributed by atoms with Crippen LogP contribution in [0.5, 0.6) is 0 Å². The summed E-state index contributed by atoms with van der Waals surface area (Å²) in [6, 6.07) is 10.8. The van der Waals surface area contributed by atoms with Crippen LogP contribution in [-0.2, 0) is 11.2 Å². The Labute approximate surface area is 118 Å². The Hall–Kier alpha value is -1.39. The monoisotopic (exact) mass is 324 g/mol. The van der Waals surface area contributed by atoms with Gasteiger partial charge in [0.15, 0.2) is 0 Å². The molecule has 2 rings (SSSR count). The van der Waals surface area contributed by atoms with Gasteiger partial charge >= 0.3 is 0 Å². The molecule has 0 fully saturated rings. The van der Waals surface area contributed by atoms with Gasteiger partial charge in [-0.25, -0.2) is 4.98 Å². The molecule has 2 aromatic rings. The van der Waals surface area contributed by atoms with Crippen molar-refractivity contribution in [3.63, 3.8) is 0 Å². The first-order chi connectivity index (χ1) is 8.63. The zero-order valence-corrected chi connectivity index (χ0v) is 11.7. The molecule has 0 aliphatic rings. The van der Waals surface area contributed by atoms with E-state index in [1.807, 2.05) is 18.2 Å². The fourth-order valence-electron chi connectivity index (χ4n) is 1.47. The zero-order chi connectivity index (χ0) is 13.0. The van der Waals surface area contributed by atoms with Gasteiger partial charge in [-0.1, -0.05) is 23.7 Å². The fourth-order valence-corrected chi connectivity index (χ4v) is 1.92. The molecule has 0 saturated carbocycles. The highest BCUT2D eigenvalue weighted by Crippen LogP contribution is 2.13. The van der Waals surface area contributed by atoms with Crippen molar-refractivity contribution in [2.75, 3.05) is 5.32 Å². The average molecular weight is 326 g/mol. The summed E-state index contributed by atoms with van der Waals surface area (Å²) >= 11 is 9.14. The molecule has 0 aliphatic heterocycles. The number of benzene rings is 1. The molecule has 0 spiro atoms. The van der Waals surface area contributed by atoms with Crippen molar-refractivity contribution in [3.8, 4) is 0 Å². The van der Waals surface area contributed by atoms with E-state index in [-0.39, 0.29) is 12.3 Å². The van der Waals surface area contributed by atoms with Crippen LogP contribution in [0.15, 0.2) is 47.1 Å². The van der Waals surface area contributed by atoms with Crippen LogP contribution >= 0.6 is 27.5 Å². The maximum atomic E-state index is 11.8. The Bertz CT molecular complexity index is 557. The topological polar surface area (TPSA) is 42.0 Å². The number of pyridine rings is 1. The Morgan fingerprint density at radius 3 is 2.83 bits per heavy atom. The van der Waals surface area contributed by atoms with Crippen LogP contribution in [0.1, 0.15) is 5.56 Å². The second-order valence-corrected chi connectivity index (χ2v) is 5.07. The first kappa shape index (κ1) is 13.1.